The van der Waals surface area contributed by atoms with E-state index in [4.69, 9.17) is 23.2 Å². The van der Waals surface area contributed by atoms with Gasteiger partial charge in [0.15, 0.2) is 0 Å². The zero-order valence-electron chi connectivity index (χ0n) is 11.2. The predicted octanol–water partition coefficient (Wildman–Crippen LogP) is 3.15. The van der Waals surface area contributed by atoms with Gasteiger partial charge in [-0.1, -0.05) is 23.2 Å². The van der Waals surface area contributed by atoms with Gasteiger partial charge in [0.2, 0.25) is 5.91 Å². The van der Waals surface area contributed by atoms with Crippen molar-refractivity contribution in [2.24, 2.45) is 0 Å². The van der Waals surface area contributed by atoms with Crippen LogP contribution in [-0.4, -0.2) is 43.2 Å². The lowest BCUT2D eigenvalue weighted by molar-refractivity contribution is -0.128. The van der Waals surface area contributed by atoms with E-state index < -0.39 is 0 Å². The molecule has 0 spiro atoms. The topological polar surface area (TPSA) is 32.3 Å². The standard InChI is InChI=1S/C13H18Cl2N2OS/c1-9(13(18)17(3)7-6-16-2)19-12-8-10(14)4-5-11(12)15/h4-5,8-9,16H,6-7H2,1-3H3. The van der Waals surface area contributed by atoms with Crippen LogP contribution in [0, 0.1) is 0 Å². The molecule has 3 nitrogen and oxygen atoms in total. The van der Waals surface area contributed by atoms with Crippen molar-refractivity contribution in [3.8, 4) is 0 Å². The van der Waals surface area contributed by atoms with E-state index in [0.29, 0.717) is 16.6 Å². The minimum absolute atomic E-state index is 0.0799. The molecule has 0 aliphatic carbocycles. The average molecular weight is 321 g/mol. The van der Waals surface area contributed by atoms with Crippen LogP contribution in [0.4, 0.5) is 0 Å². The van der Waals surface area contributed by atoms with E-state index in [-0.39, 0.29) is 11.2 Å². The van der Waals surface area contributed by atoms with E-state index in [1.807, 2.05) is 14.0 Å². The molecule has 19 heavy (non-hydrogen) atoms. The van der Waals surface area contributed by atoms with Crippen LogP contribution in [0.2, 0.25) is 10.0 Å². The summed E-state index contributed by atoms with van der Waals surface area (Å²) in [6.45, 7) is 3.33. The summed E-state index contributed by atoms with van der Waals surface area (Å²) >= 11 is 13.5. The van der Waals surface area contributed by atoms with Crippen molar-refractivity contribution in [1.82, 2.24) is 10.2 Å². The normalized spacial score (nSPS) is 12.3. The molecule has 6 heteroatoms. The molecule has 0 heterocycles. The second kappa shape index (κ2) is 8.00. The lowest BCUT2D eigenvalue weighted by Crippen LogP contribution is -2.37. The van der Waals surface area contributed by atoms with Gasteiger partial charge in [-0.15, -0.1) is 11.8 Å². The molecule has 0 radical (unpaired) electrons. The quantitative estimate of drug-likeness (QED) is 0.817. The zero-order chi connectivity index (χ0) is 14.4. The largest absolute Gasteiger partial charge is 0.344 e. The van der Waals surface area contributed by atoms with E-state index in [1.54, 1.807) is 30.1 Å². The average Bonchev–Trinajstić information content (AvgIpc) is 2.39. The van der Waals surface area contributed by atoms with Gasteiger partial charge in [-0.05, 0) is 32.2 Å². The highest BCUT2D eigenvalue weighted by Crippen LogP contribution is 2.33. The van der Waals surface area contributed by atoms with Gasteiger partial charge in [-0.25, -0.2) is 0 Å². The lowest BCUT2D eigenvalue weighted by Gasteiger charge is -2.21. The number of amides is 1. The summed E-state index contributed by atoms with van der Waals surface area (Å²) in [5.74, 6) is 0.0799. The second-order valence-corrected chi connectivity index (χ2v) is 6.42. The Morgan fingerprint density at radius 1 is 1.47 bits per heavy atom. The Balaban J connectivity index is 2.65. The first-order chi connectivity index (χ1) is 8.95. The third kappa shape index (κ3) is 5.22. The molecule has 1 atom stereocenters. The fourth-order valence-electron chi connectivity index (χ4n) is 1.51. The van der Waals surface area contributed by atoms with Gasteiger partial charge in [0.05, 0.1) is 10.3 Å². The number of rotatable bonds is 6. The molecule has 0 aliphatic rings. The molecule has 0 bridgehead atoms. The number of benzene rings is 1. The van der Waals surface area contributed by atoms with Gasteiger partial charge in [-0.2, -0.15) is 0 Å². The number of hydrogen-bond donors (Lipinski definition) is 1. The molecular weight excluding hydrogens is 303 g/mol. The maximum absolute atomic E-state index is 12.2. The van der Waals surface area contributed by atoms with Crippen molar-refractivity contribution in [3.05, 3.63) is 28.2 Å². The van der Waals surface area contributed by atoms with Gasteiger partial charge in [0, 0.05) is 30.1 Å². The monoisotopic (exact) mass is 320 g/mol. The summed E-state index contributed by atoms with van der Waals surface area (Å²) < 4.78 is 0. The van der Waals surface area contributed by atoms with Gasteiger partial charge in [0.25, 0.3) is 0 Å². The highest BCUT2D eigenvalue weighted by molar-refractivity contribution is 8.00. The van der Waals surface area contributed by atoms with E-state index >= 15 is 0 Å². The van der Waals surface area contributed by atoms with Crippen LogP contribution < -0.4 is 5.32 Å². The van der Waals surface area contributed by atoms with Crippen molar-refractivity contribution >= 4 is 40.9 Å². The Morgan fingerprint density at radius 2 is 2.16 bits per heavy atom. The maximum Gasteiger partial charge on any atom is 0.235 e. The smallest absolute Gasteiger partial charge is 0.235 e. The molecular formula is C13H18Cl2N2OS. The van der Waals surface area contributed by atoms with Crippen LogP contribution in [0.15, 0.2) is 23.1 Å². The lowest BCUT2D eigenvalue weighted by atomic mass is 10.4. The first kappa shape index (κ1) is 16.6. The molecule has 1 unspecified atom stereocenters. The Hall–Kier alpha value is -0.420. The third-order valence-corrected chi connectivity index (χ3v) is 4.44. The van der Waals surface area contributed by atoms with Crippen LogP contribution in [-0.2, 0) is 4.79 Å². The van der Waals surface area contributed by atoms with E-state index in [9.17, 15) is 4.79 Å². The van der Waals surface area contributed by atoms with Crippen LogP contribution in [0.5, 0.6) is 0 Å². The number of nitrogens with one attached hydrogen (secondary N) is 1. The number of carbonyl (C=O) groups is 1. The minimum atomic E-state index is -0.196. The highest BCUT2D eigenvalue weighted by Gasteiger charge is 2.19. The zero-order valence-corrected chi connectivity index (χ0v) is 13.6. The van der Waals surface area contributed by atoms with Crippen LogP contribution in [0.1, 0.15) is 6.92 Å². The molecule has 0 saturated carbocycles. The SMILES string of the molecule is CNCCN(C)C(=O)C(C)Sc1cc(Cl)ccc1Cl. The first-order valence-corrected chi connectivity index (χ1v) is 7.60. The number of halogens is 2. The summed E-state index contributed by atoms with van der Waals surface area (Å²) in [4.78, 5) is 14.7. The number of thioether (sulfide) groups is 1. The summed E-state index contributed by atoms with van der Waals surface area (Å²) in [6, 6.07) is 5.26. The predicted molar refractivity (Wildman–Crippen MR) is 83.3 cm³/mol. The van der Waals surface area contributed by atoms with E-state index in [1.165, 1.54) is 11.8 Å². The fourth-order valence-corrected chi connectivity index (χ4v) is 3.03. The first-order valence-electron chi connectivity index (χ1n) is 5.97. The van der Waals surface area contributed by atoms with Crippen molar-refractivity contribution < 1.29 is 4.79 Å². The Kier molecular flexibility index (Phi) is 7.00. The second-order valence-electron chi connectivity index (χ2n) is 4.20. The minimum Gasteiger partial charge on any atom is -0.344 e. The maximum atomic E-state index is 12.2. The summed E-state index contributed by atoms with van der Waals surface area (Å²) in [5, 5.41) is 4.06. The molecule has 1 N–H and O–H groups in total. The van der Waals surface area contributed by atoms with Gasteiger partial charge >= 0.3 is 0 Å². The molecule has 1 aromatic carbocycles. The summed E-state index contributed by atoms with van der Waals surface area (Å²) in [5.41, 5.74) is 0. The molecule has 0 saturated heterocycles. The number of nitrogens with zero attached hydrogens (tertiary/aromatic N) is 1. The molecule has 0 aromatic heterocycles. The molecule has 1 amide bonds. The van der Waals surface area contributed by atoms with Crippen molar-refractivity contribution in [2.45, 2.75) is 17.1 Å². The Labute approximate surface area is 128 Å². The van der Waals surface area contributed by atoms with Gasteiger partial charge in [-0.3, -0.25) is 4.79 Å². The molecule has 0 aliphatic heterocycles. The van der Waals surface area contributed by atoms with E-state index in [2.05, 4.69) is 5.32 Å². The third-order valence-electron chi connectivity index (χ3n) is 2.62. The number of likely N-dealkylation sites (N-methyl/N-ethyl adjacent to an activating group) is 2. The number of hydrogen-bond acceptors (Lipinski definition) is 3. The van der Waals surface area contributed by atoms with Gasteiger partial charge < -0.3 is 10.2 Å². The van der Waals surface area contributed by atoms with Crippen molar-refractivity contribution in [1.29, 1.82) is 0 Å². The van der Waals surface area contributed by atoms with Gasteiger partial charge in [0.1, 0.15) is 0 Å². The molecule has 1 rings (SSSR count). The molecule has 106 valence electrons. The fraction of sp³-hybridized carbons (Fsp3) is 0.462. The van der Waals surface area contributed by atoms with Crippen molar-refractivity contribution in [2.75, 3.05) is 27.2 Å². The molecule has 0 fully saturated rings. The van der Waals surface area contributed by atoms with Crippen LogP contribution in [0.25, 0.3) is 0 Å². The Bertz CT molecular complexity index is 443. The van der Waals surface area contributed by atoms with E-state index in [0.717, 1.165) is 11.4 Å². The highest BCUT2D eigenvalue weighted by atomic mass is 35.5. The number of carbonyl (C=O) groups excluding carboxylic acids is 1. The summed E-state index contributed by atoms with van der Waals surface area (Å²) in [6.07, 6.45) is 0. The Morgan fingerprint density at radius 3 is 2.79 bits per heavy atom. The summed E-state index contributed by atoms with van der Waals surface area (Å²) in [7, 11) is 3.67. The van der Waals surface area contributed by atoms with Crippen LogP contribution >= 0.6 is 35.0 Å². The van der Waals surface area contributed by atoms with Crippen LogP contribution in [0.3, 0.4) is 0 Å². The molecule has 1 aromatic rings. The van der Waals surface area contributed by atoms with Crippen molar-refractivity contribution in [3.63, 3.8) is 0 Å².